The Kier molecular flexibility index (Phi) is 6.92. The first kappa shape index (κ1) is 21.0. The molecule has 0 atom stereocenters. The van der Waals surface area contributed by atoms with Crippen molar-refractivity contribution in [2.45, 2.75) is 38.8 Å². The summed E-state index contributed by atoms with van der Waals surface area (Å²) in [6.45, 7) is 1.64. The number of pyridine rings is 1. The first-order valence-electron chi connectivity index (χ1n) is 10.8. The van der Waals surface area contributed by atoms with E-state index in [1.54, 1.807) is 24.5 Å². The van der Waals surface area contributed by atoms with Gasteiger partial charge in [0.25, 0.3) is 0 Å². The van der Waals surface area contributed by atoms with Crippen LogP contribution < -0.4 is 4.74 Å². The Hall–Kier alpha value is -3.21. The topological polar surface area (TPSA) is 42.4 Å². The second-order valence-electron chi connectivity index (χ2n) is 8.05. The van der Waals surface area contributed by atoms with Crippen molar-refractivity contribution < 1.29 is 13.9 Å². The molecule has 0 saturated heterocycles. The second-order valence-corrected chi connectivity index (χ2v) is 8.05. The maximum absolute atomic E-state index is 13.0. The van der Waals surface area contributed by atoms with Crippen LogP contribution in [0.15, 0.2) is 73.1 Å². The lowest BCUT2D eigenvalue weighted by Gasteiger charge is -2.32. The fourth-order valence-electron chi connectivity index (χ4n) is 3.73. The molecule has 4 nitrogen and oxygen atoms in total. The average Bonchev–Trinajstić information content (AvgIpc) is 2.74. The first-order valence-corrected chi connectivity index (χ1v) is 10.8. The van der Waals surface area contributed by atoms with Crippen LogP contribution in [0.2, 0.25) is 0 Å². The van der Waals surface area contributed by atoms with Gasteiger partial charge in [-0.1, -0.05) is 30.7 Å². The number of hydrogen-bond acceptors (Lipinski definition) is 3. The monoisotopic (exact) mass is 418 g/mol. The van der Waals surface area contributed by atoms with Crippen molar-refractivity contribution in [1.82, 2.24) is 9.88 Å². The van der Waals surface area contributed by atoms with Crippen molar-refractivity contribution >= 4 is 5.91 Å². The van der Waals surface area contributed by atoms with E-state index >= 15 is 0 Å². The molecule has 1 amide bonds. The van der Waals surface area contributed by atoms with E-state index in [0.717, 1.165) is 41.7 Å². The van der Waals surface area contributed by atoms with Crippen LogP contribution in [0.1, 0.15) is 36.0 Å². The number of amides is 1. The molecular formula is C26H27FN2O2. The Morgan fingerprint density at radius 2 is 1.71 bits per heavy atom. The smallest absolute Gasteiger partial charge is 0.226 e. The Morgan fingerprint density at radius 1 is 0.968 bits per heavy atom. The number of rotatable bonds is 9. The van der Waals surface area contributed by atoms with Crippen LogP contribution in [0.5, 0.6) is 5.75 Å². The summed E-state index contributed by atoms with van der Waals surface area (Å²) in [5, 5.41) is 0. The molecule has 0 bridgehead atoms. The van der Waals surface area contributed by atoms with E-state index < -0.39 is 0 Å². The molecular weight excluding hydrogens is 391 g/mol. The Morgan fingerprint density at radius 3 is 2.42 bits per heavy atom. The molecule has 0 N–H and O–H groups in total. The van der Waals surface area contributed by atoms with E-state index in [1.807, 2.05) is 41.3 Å². The summed E-state index contributed by atoms with van der Waals surface area (Å²) < 4.78 is 18.9. The highest BCUT2D eigenvalue weighted by molar-refractivity contribution is 5.79. The van der Waals surface area contributed by atoms with E-state index in [1.165, 1.54) is 12.1 Å². The van der Waals surface area contributed by atoms with Crippen LogP contribution in [-0.2, 0) is 24.3 Å². The van der Waals surface area contributed by atoms with E-state index in [0.29, 0.717) is 26.1 Å². The van der Waals surface area contributed by atoms with Gasteiger partial charge >= 0.3 is 0 Å². The zero-order chi connectivity index (χ0) is 21.5. The lowest BCUT2D eigenvalue weighted by atomic mass is 9.84. The quantitative estimate of drug-likeness (QED) is 0.481. The Balaban J connectivity index is 1.39. The predicted molar refractivity (Wildman–Crippen MR) is 118 cm³/mol. The van der Waals surface area contributed by atoms with Crippen molar-refractivity contribution in [3.63, 3.8) is 0 Å². The van der Waals surface area contributed by atoms with E-state index in [4.69, 9.17) is 4.74 Å². The molecule has 5 heteroatoms. The van der Waals surface area contributed by atoms with Crippen molar-refractivity contribution in [2.24, 2.45) is 5.92 Å². The van der Waals surface area contributed by atoms with E-state index in [-0.39, 0.29) is 17.6 Å². The minimum Gasteiger partial charge on any atom is -0.493 e. The molecule has 2 aromatic carbocycles. The summed E-state index contributed by atoms with van der Waals surface area (Å²) in [5.41, 5.74) is 3.16. The van der Waals surface area contributed by atoms with Crippen LogP contribution in [0.3, 0.4) is 0 Å². The molecule has 0 aliphatic heterocycles. The van der Waals surface area contributed by atoms with Crippen molar-refractivity contribution in [3.05, 3.63) is 95.6 Å². The van der Waals surface area contributed by atoms with Gasteiger partial charge in [-0.2, -0.15) is 0 Å². The summed E-state index contributed by atoms with van der Waals surface area (Å²) in [6, 6.07) is 18.3. The third kappa shape index (κ3) is 5.91. The molecule has 3 aromatic rings. The molecule has 1 saturated carbocycles. The predicted octanol–water partition coefficient (Wildman–Crippen LogP) is 5.17. The fourth-order valence-corrected chi connectivity index (χ4v) is 3.73. The molecule has 1 aliphatic rings. The maximum Gasteiger partial charge on any atom is 0.226 e. The van der Waals surface area contributed by atoms with Crippen LogP contribution in [0.25, 0.3) is 0 Å². The summed E-state index contributed by atoms with van der Waals surface area (Å²) >= 11 is 0. The fraction of sp³-hybridized carbons (Fsp3) is 0.308. The maximum atomic E-state index is 13.0. The number of hydrogen-bond donors (Lipinski definition) is 0. The van der Waals surface area contributed by atoms with E-state index in [2.05, 4.69) is 4.98 Å². The number of benzene rings is 2. The molecule has 0 unspecified atom stereocenters. The highest BCUT2D eigenvalue weighted by atomic mass is 19.1. The third-order valence-corrected chi connectivity index (χ3v) is 5.73. The zero-order valence-corrected chi connectivity index (χ0v) is 17.5. The van der Waals surface area contributed by atoms with Crippen molar-refractivity contribution in [2.75, 3.05) is 6.61 Å². The third-order valence-electron chi connectivity index (χ3n) is 5.73. The Labute approximate surface area is 182 Å². The van der Waals surface area contributed by atoms with Crippen molar-refractivity contribution in [1.29, 1.82) is 0 Å². The van der Waals surface area contributed by atoms with Gasteiger partial charge in [-0.05, 0) is 65.9 Å². The standard InChI is InChI=1S/C26H27FN2O2/c27-24-9-7-20(8-10-24)13-16-31-25-6-1-3-22(17-25)19-29(26(30)23-4-2-5-23)18-21-11-14-28-15-12-21/h1,3,6-12,14-15,17,23H,2,4-5,13,16,18-19H2. The largest absolute Gasteiger partial charge is 0.493 e. The van der Waals surface area contributed by atoms with Crippen LogP contribution in [-0.4, -0.2) is 22.4 Å². The lowest BCUT2D eigenvalue weighted by Crippen LogP contribution is -2.38. The van der Waals surface area contributed by atoms with Gasteiger partial charge in [0.05, 0.1) is 6.61 Å². The summed E-state index contributed by atoms with van der Waals surface area (Å²) in [6.07, 6.45) is 7.33. The minimum atomic E-state index is -0.231. The number of nitrogens with zero attached hydrogens (tertiary/aromatic N) is 2. The minimum absolute atomic E-state index is 0.150. The molecule has 1 fully saturated rings. The first-order chi connectivity index (χ1) is 15.2. The summed E-state index contributed by atoms with van der Waals surface area (Å²) in [4.78, 5) is 19.0. The summed E-state index contributed by atoms with van der Waals surface area (Å²) in [7, 11) is 0. The molecule has 4 rings (SSSR count). The number of ether oxygens (including phenoxy) is 1. The number of carbonyl (C=O) groups excluding carboxylic acids is 1. The Bertz CT molecular complexity index is 988. The summed E-state index contributed by atoms with van der Waals surface area (Å²) in [5.74, 6) is 0.923. The van der Waals surface area contributed by atoms with Gasteiger partial charge in [-0.3, -0.25) is 9.78 Å². The number of halogens is 1. The molecule has 160 valence electrons. The highest BCUT2D eigenvalue weighted by Gasteiger charge is 2.29. The molecule has 1 aromatic heterocycles. The normalized spacial score (nSPS) is 13.5. The van der Waals surface area contributed by atoms with Gasteiger partial charge in [0.1, 0.15) is 11.6 Å². The average molecular weight is 419 g/mol. The number of aromatic nitrogens is 1. The van der Waals surface area contributed by atoms with Gasteiger partial charge in [0, 0.05) is 37.8 Å². The molecule has 1 heterocycles. The van der Waals surface area contributed by atoms with Gasteiger partial charge in [0.2, 0.25) is 5.91 Å². The van der Waals surface area contributed by atoms with Gasteiger partial charge < -0.3 is 9.64 Å². The molecule has 0 spiro atoms. The number of carbonyl (C=O) groups is 1. The lowest BCUT2D eigenvalue weighted by molar-refractivity contribution is -0.139. The van der Waals surface area contributed by atoms with Gasteiger partial charge in [0.15, 0.2) is 0 Å². The van der Waals surface area contributed by atoms with Gasteiger partial charge in [-0.15, -0.1) is 0 Å². The molecule has 1 aliphatic carbocycles. The highest BCUT2D eigenvalue weighted by Crippen LogP contribution is 2.29. The van der Waals surface area contributed by atoms with Crippen LogP contribution in [0.4, 0.5) is 4.39 Å². The molecule has 31 heavy (non-hydrogen) atoms. The van der Waals surface area contributed by atoms with Crippen LogP contribution >= 0.6 is 0 Å². The second kappa shape index (κ2) is 10.2. The van der Waals surface area contributed by atoms with E-state index in [9.17, 15) is 9.18 Å². The van der Waals surface area contributed by atoms with Crippen LogP contribution in [0, 0.1) is 11.7 Å². The van der Waals surface area contributed by atoms with Crippen molar-refractivity contribution in [3.8, 4) is 5.75 Å². The SMILES string of the molecule is O=C(C1CCC1)N(Cc1ccncc1)Cc1cccc(OCCc2ccc(F)cc2)c1. The zero-order valence-electron chi connectivity index (χ0n) is 17.5. The molecule has 0 radical (unpaired) electrons. The van der Waals surface area contributed by atoms with Gasteiger partial charge in [-0.25, -0.2) is 4.39 Å².